The lowest BCUT2D eigenvalue weighted by Gasteiger charge is -2.08. The van der Waals surface area contributed by atoms with Gasteiger partial charge in [-0.3, -0.25) is 14.3 Å². The molecule has 2 aromatic heterocycles. The summed E-state index contributed by atoms with van der Waals surface area (Å²) >= 11 is 0. The maximum atomic E-state index is 11.6. The van der Waals surface area contributed by atoms with Gasteiger partial charge in [-0.1, -0.05) is 6.92 Å². The summed E-state index contributed by atoms with van der Waals surface area (Å²) in [5.41, 5.74) is -1.09. The second-order valence-corrected chi connectivity index (χ2v) is 3.87. The molecule has 0 saturated carbocycles. The van der Waals surface area contributed by atoms with E-state index in [1.807, 2.05) is 0 Å². The molecule has 0 amide bonds. The number of oxazole rings is 1. The highest BCUT2D eigenvalue weighted by Gasteiger charge is 2.14. The third kappa shape index (κ3) is 2.06. The molecule has 0 radical (unpaired) electrons. The molecule has 7 nitrogen and oxygen atoms in total. The van der Waals surface area contributed by atoms with Crippen LogP contribution < -0.4 is 11.2 Å². The number of aromatic hydroxyl groups is 1. The molecule has 0 fully saturated rings. The Hall–Kier alpha value is -2.31. The minimum atomic E-state index is -0.689. The van der Waals surface area contributed by atoms with Gasteiger partial charge in [0, 0.05) is 0 Å². The van der Waals surface area contributed by atoms with Crippen LogP contribution in [0.25, 0.3) is 0 Å². The van der Waals surface area contributed by atoms with Gasteiger partial charge in [-0.15, -0.1) is 0 Å². The Morgan fingerprint density at radius 1 is 1.50 bits per heavy atom. The van der Waals surface area contributed by atoms with E-state index >= 15 is 0 Å². The fraction of sp³-hybridized carbons (Fsp3) is 0.364. The van der Waals surface area contributed by atoms with Crippen molar-refractivity contribution in [2.75, 3.05) is 0 Å². The van der Waals surface area contributed by atoms with Gasteiger partial charge in [-0.25, -0.2) is 9.78 Å². The van der Waals surface area contributed by atoms with Crippen LogP contribution in [-0.2, 0) is 13.0 Å². The van der Waals surface area contributed by atoms with Crippen LogP contribution in [-0.4, -0.2) is 19.6 Å². The van der Waals surface area contributed by atoms with E-state index < -0.39 is 11.2 Å². The number of hydrogen-bond acceptors (Lipinski definition) is 5. The molecule has 0 aliphatic carbocycles. The molecule has 0 saturated heterocycles. The molecular formula is C11H13N3O4. The van der Waals surface area contributed by atoms with E-state index in [-0.39, 0.29) is 18.0 Å². The van der Waals surface area contributed by atoms with Crippen LogP contribution in [0.2, 0.25) is 0 Å². The van der Waals surface area contributed by atoms with Gasteiger partial charge in [-0.05, 0) is 13.3 Å². The number of aryl methyl sites for hydroxylation is 1. The minimum Gasteiger partial charge on any atom is -0.494 e. The maximum Gasteiger partial charge on any atom is 0.331 e. The fourth-order valence-corrected chi connectivity index (χ4v) is 1.68. The summed E-state index contributed by atoms with van der Waals surface area (Å²) in [7, 11) is 0. The number of aromatic nitrogens is 3. The van der Waals surface area contributed by atoms with E-state index in [1.54, 1.807) is 13.8 Å². The van der Waals surface area contributed by atoms with Crippen LogP contribution in [0, 0.1) is 6.92 Å². The van der Waals surface area contributed by atoms with Crippen LogP contribution in [0.15, 0.2) is 20.2 Å². The summed E-state index contributed by atoms with van der Waals surface area (Å²) in [6.45, 7) is 3.42. The zero-order valence-corrected chi connectivity index (χ0v) is 10.1. The van der Waals surface area contributed by atoms with Crippen molar-refractivity contribution in [2.24, 2.45) is 0 Å². The predicted molar refractivity (Wildman–Crippen MR) is 62.7 cm³/mol. The van der Waals surface area contributed by atoms with Crippen LogP contribution >= 0.6 is 0 Å². The lowest BCUT2D eigenvalue weighted by molar-refractivity contribution is 0.380. The van der Waals surface area contributed by atoms with E-state index in [4.69, 9.17) is 4.42 Å². The van der Waals surface area contributed by atoms with Gasteiger partial charge in [-0.2, -0.15) is 0 Å². The van der Waals surface area contributed by atoms with Crippen molar-refractivity contribution in [3.8, 4) is 5.88 Å². The molecule has 2 heterocycles. The van der Waals surface area contributed by atoms with Gasteiger partial charge in [0.15, 0.2) is 0 Å². The standard InChI is InChI=1S/C11H13N3O4/c1-3-7-9(15)13-11(17)14(10(7)16)5-8-12-4-6(2)18-8/h4,16H,3,5H2,1-2H3,(H,13,15,17). The second kappa shape index (κ2) is 4.52. The van der Waals surface area contributed by atoms with Gasteiger partial charge < -0.3 is 9.52 Å². The first-order valence-electron chi connectivity index (χ1n) is 5.49. The van der Waals surface area contributed by atoms with E-state index in [0.717, 1.165) is 4.57 Å². The topological polar surface area (TPSA) is 101 Å². The molecular weight excluding hydrogens is 238 g/mol. The Labute approximate surface area is 102 Å². The first-order valence-corrected chi connectivity index (χ1v) is 5.49. The van der Waals surface area contributed by atoms with E-state index in [0.29, 0.717) is 18.1 Å². The SMILES string of the molecule is CCc1c(O)n(Cc2ncc(C)o2)c(=O)[nH]c1=O. The summed E-state index contributed by atoms with van der Waals surface area (Å²) in [5, 5.41) is 9.89. The zero-order valence-electron chi connectivity index (χ0n) is 10.1. The summed E-state index contributed by atoms with van der Waals surface area (Å²) in [5.74, 6) is 0.554. The predicted octanol–water partition coefficient (Wildman–Crippen LogP) is 0.149. The molecule has 0 atom stereocenters. The lowest BCUT2D eigenvalue weighted by Crippen LogP contribution is -2.32. The molecule has 2 rings (SSSR count). The number of nitrogens with one attached hydrogen (secondary N) is 1. The number of aromatic amines is 1. The number of hydrogen-bond donors (Lipinski definition) is 2. The Bertz CT molecular complexity index is 680. The van der Waals surface area contributed by atoms with E-state index in [2.05, 4.69) is 9.97 Å². The third-order valence-electron chi connectivity index (χ3n) is 2.58. The van der Waals surface area contributed by atoms with Gasteiger partial charge in [0.05, 0.1) is 11.8 Å². The molecule has 0 aliphatic heterocycles. The van der Waals surface area contributed by atoms with Gasteiger partial charge in [0.2, 0.25) is 11.8 Å². The highest BCUT2D eigenvalue weighted by Crippen LogP contribution is 2.12. The smallest absolute Gasteiger partial charge is 0.331 e. The van der Waals surface area contributed by atoms with Crippen molar-refractivity contribution >= 4 is 0 Å². The van der Waals surface area contributed by atoms with Crippen LogP contribution in [0.1, 0.15) is 24.1 Å². The molecule has 7 heteroatoms. The molecule has 2 N–H and O–H groups in total. The number of nitrogens with zero attached hydrogens (tertiary/aromatic N) is 2. The lowest BCUT2D eigenvalue weighted by atomic mass is 10.2. The molecule has 2 aromatic rings. The minimum absolute atomic E-state index is 0.0255. The van der Waals surface area contributed by atoms with Crippen molar-refractivity contribution in [1.29, 1.82) is 0 Å². The first kappa shape index (κ1) is 12.2. The average Bonchev–Trinajstić information content (AvgIpc) is 2.70. The Balaban J connectivity index is 2.51. The summed E-state index contributed by atoms with van der Waals surface area (Å²) in [6, 6.07) is 0. The van der Waals surface area contributed by atoms with Gasteiger partial charge in [0.1, 0.15) is 12.3 Å². The average molecular weight is 251 g/mol. The monoisotopic (exact) mass is 251 g/mol. The molecule has 0 aliphatic rings. The quantitative estimate of drug-likeness (QED) is 0.808. The fourth-order valence-electron chi connectivity index (χ4n) is 1.68. The van der Waals surface area contributed by atoms with Crippen molar-refractivity contribution in [3.63, 3.8) is 0 Å². The first-order chi connectivity index (χ1) is 8.52. The second-order valence-electron chi connectivity index (χ2n) is 3.87. The summed E-state index contributed by atoms with van der Waals surface area (Å²) in [4.78, 5) is 29.1. The zero-order chi connectivity index (χ0) is 13.3. The molecule has 0 unspecified atom stereocenters. The van der Waals surface area contributed by atoms with E-state index in [1.165, 1.54) is 6.20 Å². The van der Waals surface area contributed by atoms with Crippen LogP contribution in [0.4, 0.5) is 0 Å². The highest BCUT2D eigenvalue weighted by atomic mass is 16.4. The van der Waals surface area contributed by atoms with Crippen molar-refractivity contribution in [1.82, 2.24) is 14.5 Å². The number of rotatable bonds is 3. The molecule has 96 valence electrons. The normalized spacial score (nSPS) is 10.8. The summed E-state index contributed by atoms with van der Waals surface area (Å²) in [6.07, 6.45) is 1.84. The maximum absolute atomic E-state index is 11.6. The Morgan fingerprint density at radius 2 is 2.22 bits per heavy atom. The molecule has 0 aromatic carbocycles. The highest BCUT2D eigenvalue weighted by molar-refractivity contribution is 5.22. The number of H-pyrrole nitrogens is 1. The summed E-state index contributed by atoms with van der Waals surface area (Å²) < 4.78 is 6.25. The molecule has 0 spiro atoms. The van der Waals surface area contributed by atoms with Crippen molar-refractivity contribution in [3.05, 3.63) is 44.2 Å². The van der Waals surface area contributed by atoms with Crippen LogP contribution in [0.3, 0.4) is 0 Å². The Kier molecular flexibility index (Phi) is 3.05. The van der Waals surface area contributed by atoms with Crippen molar-refractivity contribution < 1.29 is 9.52 Å². The van der Waals surface area contributed by atoms with Gasteiger partial charge >= 0.3 is 5.69 Å². The van der Waals surface area contributed by atoms with Crippen molar-refractivity contribution in [2.45, 2.75) is 26.8 Å². The third-order valence-corrected chi connectivity index (χ3v) is 2.58. The van der Waals surface area contributed by atoms with E-state index in [9.17, 15) is 14.7 Å². The largest absolute Gasteiger partial charge is 0.494 e. The molecule has 0 bridgehead atoms. The Morgan fingerprint density at radius 3 is 2.78 bits per heavy atom. The van der Waals surface area contributed by atoms with Crippen LogP contribution in [0.5, 0.6) is 5.88 Å². The van der Waals surface area contributed by atoms with Gasteiger partial charge in [0.25, 0.3) is 5.56 Å². The molecule has 18 heavy (non-hydrogen) atoms.